The highest BCUT2D eigenvalue weighted by Crippen LogP contribution is 2.29. The van der Waals surface area contributed by atoms with Crippen molar-refractivity contribution in [1.82, 2.24) is 9.88 Å². The fourth-order valence-corrected chi connectivity index (χ4v) is 3.24. The van der Waals surface area contributed by atoms with Crippen molar-refractivity contribution < 1.29 is 9.47 Å². The summed E-state index contributed by atoms with van der Waals surface area (Å²) in [7, 11) is 3.26. The van der Waals surface area contributed by atoms with Gasteiger partial charge in [0.2, 0.25) is 0 Å². The molecule has 3 aromatic rings. The van der Waals surface area contributed by atoms with E-state index in [1.165, 1.54) is 11.1 Å². The summed E-state index contributed by atoms with van der Waals surface area (Å²) in [5.74, 6) is 1.40. The van der Waals surface area contributed by atoms with E-state index in [9.17, 15) is 0 Å². The molecule has 0 atom stereocenters. The van der Waals surface area contributed by atoms with E-state index < -0.39 is 0 Å². The lowest BCUT2D eigenvalue weighted by atomic mass is 10.1. The molecule has 0 saturated carbocycles. The Labute approximate surface area is 177 Å². The fraction of sp³-hybridized carbons (Fsp3) is 0.217. The van der Waals surface area contributed by atoms with Crippen LogP contribution in [0.4, 0.5) is 5.69 Å². The summed E-state index contributed by atoms with van der Waals surface area (Å²) >= 11 is 5.78. The number of hydrogen-bond donors (Lipinski definition) is 1. The third-order valence-corrected chi connectivity index (χ3v) is 5.02. The smallest absolute Gasteiger partial charge is 0.174 e. The molecule has 0 spiro atoms. The zero-order valence-electron chi connectivity index (χ0n) is 16.9. The second-order valence-corrected chi connectivity index (χ2v) is 7.03. The number of hydrogen-bond acceptors (Lipinski definition) is 4. The summed E-state index contributed by atoms with van der Waals surface area (Å²) in [5.41, 5.74) is 4.34. The molecule has 1 heterocycles. The monoisotopic (exact) mass is 407 g/mol. The van der Waals surface area contributed by atoms with E-state index in [0.29, 0.717) is 24.0 Å². The number of nitrogens with one attached hydrogen (secondary N) is 1. The zero-order valence-corrected chi connectivity index (χ0v) is 17.7. The molecule has 0 radical (unpaired) electrons. The van der Waals surface area contributed by atoms with Crippen molar-refractivity contribution in [1.29, 1.82) is 0 Å². The lowest BCUT2D eigenvalue weighted by Gasteiger charge is -2.27. The number of benzene rings is 2. The van der Waals surface area contributed by atoms with E-state index in [2.05, 4.69) is 40.3 Å². The van der Waals surface area contributed by atoms with Crippen LogP contribution in [-0.2, 0) is 13.1 Å². The van der Waals surface area contributed by atoms with E-state index >= 15 is 0 Å². The lowest BCUT2D eigenvalue weighted by molar-refractivity contribution is 0.394. The summed E-state index contributed by atoms with van der Waals surface area (Å²) in [5, 5.41) is 3.94. The Balaban J connectivity index is 1.85. The Bertz CT molecular complexity index is 963. The van der Waals surface area contributed by atoms with Gasteiger partial charge < -0.3 is 19.7 Å². The summed E-state index contributed by atoms with van der Waals surface area (Å²) in [4.78, 5) is 6.35. The second-order valence-electron chi connectivity index (χ2n) is 6.64. The fourth-order valence-electron chi connectivity index (χ4n) is 3.00. The van der Waals surface area contributed by atoms with Crippen molar-refractivity contribution >= 4 is 23.0 Å². The maximum Gasteiger partial charge on any atom is 0.174 e. The molecule has 1 N–H and O–H groups in total. The lowest BCUT2D eigenvalue weighted by Crippen LogP contribution is -2.34. The van der Waals surface area contributed by atoms with Crippen LogP contribution in [0.25, 0.3) is 0 Å². The van der Waals surface area contributed by atoms with Crippen molar-refractivity contribution in [3.8, 4) is 11.5 Å². The van der Waals surface area contributed by atoms with Crippen LogP contribution >= 0.6 is 12.2 Å². The summed E-state index contributed by atoms with van der Waals surface area (Å²) in [6.45, 7) is 3.44. The minimum Gasteiger partial charge on any atom is -0.497 e. The molecule has 0 fully saturated rings. The minimum atomic E-state index is 0.612. The van der Waals surface area contributed by atoms with Crippen LogP contribution in [-0.4, -0.2) is 29.2 Å². The first-order chi connectivity index (χ1) is 14.1. The quantitative estimate of drug-likeness (QED) is 0.568. The third-order valence-electron chi connectivity index (χ3n) is 4.66. The standard InChI is InChI=1S/C23H25N3O2S/c1-17-7-4-5-9-19(17)16-26(15-18-8-6-12-24-14-18)23(29)25-21-11-10-20(27-2)13-22(21)28-3/h4-14H,15-16H2,1-3H3,(H,25,29). The van der Waals surface area contributed by atoms with Crippen LogP contribution < -0.4 is 14.8 Å². The Kier molecular flexibility index (Phi) is 7.03. The number of ether oxygens (including phenoxy) is 2. The molecule has 0 amide bonds. The highest BCUT2D eigenvalue weighted by molar-refractivity contribution is 7.80. The van der Waals surface area contributed by atoms with E-state index in [-0.39, 0.29) is 0 Å². The Morgan fingerprint density at radius 2 is 1.86 bits per heavy atom. The highest BCUT2D eigenvalue weighted by atomic mass is 32.1. The first kappa shape index (κ1) is 20.6. The largest absolute Gasteiger partial charge is 0.497 e. The molecule has 0 bridgehead atoms. The molecule has 2 aromatic carbocycles. The van der Waals surface area contributed by atoms with Gasteiger partial charge in [-0.2, -0.15) is 0 Å². The van der Waals surface area contributed by atoms with Gasteiger partial charge in [0.05, 0.1) is 19.9 Å². The number of nitrogens with zero attached hydrogens (tertiary/aromatic N) is 2. The van der Waals surface area contributed by atoms with Gasteiger partial charge in [0.25, 0.3) is 0 Å². The van der Waals surface area contributed by atoms with Crippen LogP contribution in [0.1, 0.15) is 16.7 Å². The second kappa shape index (κ2) is 9.89. The minimum absolute atomic E-state index is 0.612. The van der Waals surface area contributed by atoms with Crippen LogP contribution in [0, 0.1) is 6.92 Å². The molecule has 1 aromatic heterocycles. The molecule has 6 heteroatoms. The number of anilines is 1. The topological polar surface area (TPSA) is 46.6 Å². The average Bonchev–Trinajstić information content (AvgIpc) is 2.75. The maximum atomic E-state index is 5.78. The molecular formula is C23H25N3O2S. The summed E-state index contributed by atoms with van der Waals surface area (Å²) in [6, 6.07) is 17.9. The first-order valence-corrected chi connectivity index (χ1v) is 9.73. The van der Waals surface area contributed by atoms with Gasteiger partial charge in [-0.05, 0) is 54.0 Å². The van der Waals surface area contributed by atoms with Gasteiger partial charge in [-0.25, -0.2) is 0 Å². The molecule has 0 saturated heterocycles. The number of thiocarbonyl (C=S) groups is 1. The van der Waals surface area contributed by atoms with E-state index in [1.54, 1.807) is 20.4 Å². The SMILES string of the molecule is COc1ccc(NC(=S)N(Cc2cccnc2)Cc2ccccc2C)c(OC)c1. The third kappa shape index (κ3) is 5.45. The van der Waals surface area contributed by atoms with Crippen LogP contribution in [0.15, 0.2) is 67.0 Å². The number of pyridine rings is 1. The van der Waals surface area contributed by atoms with Crippen molar-refractivity contribution in [3.05, 3.63) is 83.7 Å². The van der Waals surface area contributed by atoms with Crippen LogP contribution in [0.5, 0.6) is 11.5 Å². The normalized spacial score (nSPS) is 10.3. The molecule has 3 rings (SSSR count). The predicted molar refractivity (Wildman–Crippen MR) is 120 cm³/mol. The Hall–Kier alpha value is -3.12. The summed E-state index contributed by atoms with van der Waals surface area (Å²) < 4.78 is 10.8. The molecule has 5 nitrogen and oxygen atoms in total. The predicted octanol–water partition coefficient (Wildman–Crippen LogP) is 4.81. The molecule has 0 aliphatic heterocycles. The number of methoxy groups -OCH3 is 2. The summed E-state index contributed by atoms with van der Waals surface area (Å²) in [6.07, 6.45) is 3.63. The van der Waals surface area contributed by atoms with Crippen molar-refractivity contribution in [2.24, 2.45) is 0 Å². The average molecular weight is 408 g/mol. The molecule has 29 heavy (non-hydrogen) atoms. The molecule has 0 unspecified atom stereocenters. The molecule has 0 aliphatic rings. The van der Waals surface area contributed by atoms with Gasteiger partial charge in [0, 0.05) is 31.5 Å². The van der Waals surface area contributed by atoms with Crippen molar-refractivity contribution in [2.75, 3.05) is 19.5 Å². The molecule has 0 aliphatic carbocycles. The first-order valence-electron chi connectivity index (χ1n) is 9.32. The number of aryl methyl sites for hydroxylation is 1. The van der Waals surface area contributed by atoms with Gasteiger partial charge in [-0.1, -0.05) is 30.3 Å². The van der Waals surface area contributed by atoms with Gasteiger partial charge in [-0.15, -0.1) is 0 Å². The zero-order chi connectivity index (χ0) is 20.6. The van der Waals surface area contributed by atoms with E-state index in [1.807, 2.05) is 42.6 Å². The van der Waals surface area contributed by atoms with Gasteiger partial charge in [0.1, 0.15) is 11.5 Å². The molecule has 150 valence electrons. The maximum absolute atomic E-state index is 5.78. The van der Waals surface area contributed by atoms with E-state index in [4.69, 9.17) is 21.7 Å². The molecular weight excluding hydrogens is 382 g/mol. The van der Waals surface area contributed by atoms with Gasteiger partial charge >= 0.3 is 0 Å². The Morgan fingerprint density at radius 1 is 1.03 bits per heavy atom. The van der Waals surface area contributed by atoms with Crippen LogP contribution in [0.2, 0.25) is 0 Å². The van der Waals surface area contributed by atoms with Crippen LogP contribution in [0.3, 0.4) is 0 Å². The highest BCUT2D eigenvalue weighted by Gasteiger charge is 2.15. The number of rotatable bonds is 7. The van der Waals surface area contributed by atoms with E-state index in [0.717, 1.165) is 17.0 Å². The van der Waals surface area contributed by atoms with Gasteiger partial charge in [0.15, 0.2) is 5.11 Å². The van der Waals surface area contributed by atoms with Crippen molar-refractivity contribution in [2.45, 2.75) is 20.0 Å². The van der Waals surface area contributed by atoms with Crippen molar-refractivity contribution in [3.63, 3.8) is 0 Å². The van der Waals surface area contributed by atoms with Gasteiger partial charge in [-0.3, -0.25) is 4.98 Å². The number of aromatic nitrogens is 1. The Morgan fingerprint density at radius 3 is 2.55 bits per heavy atom.